The average Bonchev–Trinajstić information content (AvgIpc) is 2.87. The molecule has 1 aromatic heterocycles. The van der Waals surface area contributed by atoms with Gasteiger partial charge in [-0.15, -0.1) is 11.3 Å². The number of aromatic nitrogens is 1. The Balaban J connectivity index is 2.03. The van der Waals surface area contributed by atoms with Crippen LogP contribution in [-0.4, -0.2) is 16.9 Å². The van der Waals surface area contributed by atoms with Crippen LogP contribution in [0.15, 0.2) is 5.38 Å². The van der Waals surface area contributed by atoms with Gasteiger partial charge >= 0.3 is 0 Å². The number of rotatable bonds is 3. The van der Waals surface area contributed by atoms with Gasteiger partial charge in [-0.25, -0.2) is 4.98 Å². The van der Waals surface area contributed by atoms with Crippen LogP contribution in [0.1, 0.15) is 49.9 Å². The van der Waals surface area contributed by atoms with Crippen LogP contribution in [-0.2, 0) is 4.79 Å². The van der Waals surface area contributed by atoms with Crippen LogP contribution in [0, 0.1) is 12.3 Å². The third-order valence-corrected chi connectivity index (χ3v) is 5.05. The van der Waals surface area contributed by atoms with E-state index < -0.39 is 5.41 Å². The Bertz CT molecular complexity index is 445. The summed E-state index contributed by atoms with van der Waals surface area (Å²) >= 11 is 1.58. The Labute approximate surface area is 112 Å². The molecule has 0 bridgehead atoms. The van der Waals surface area contributed by atoms with E-state index in [2.05, 4.69) is 10.3 Å². The first-order valence-corrected chi connectivity index (χ1v) is 7.30. The van der Waals surface area contributed by atoms with Gasteiger partial charge in [0.15, 0.2) is 0 Å². The molecule has 18 heavy (non-hydrogen) atoms. The highest BCUT2D eigenvalue weighted by molar-refractivity contribution is 7.09. The quantitative estimate of drug-likeness (QED) is 0.881. The summed E-state index contributed by atoms with van der Waals surface area (Å²) in [5.41, 5.74) is 6.64. The average molecular weight is 267 g/mol. The first-order chi connectivity index (χ1) is 8.43. The summed E-state index contributed by atoms with van der Waals surface area (Å²) in [5.74, 6) is 0.0628. The van der Waals surface area contributed by atoms with Gasteiger partial charge in [-0.1, -0.05) is 6.42 Å². The van der Waals surface area contributed by atoms with Crippen LogP contribution in [0.4, 0.5) is 0 Å². The van der Waals surface area contributed by atoms with E-state index in [-0.39, 0.29) is 18.0 Å². The largest absolute Gasteiger partial charge is 0.347 e. The van der Waals surface area contributed by atoms with Crippen molar-refractivity contribution >= 4 is 17.2 Å². The lowest BCUT2D eigenvalue weighted by atomic mass is 9.84. The van der Waals surface area contributed by atoms with Gasteiger partial charge in [-0.2, -0.15) is 0 Å². The Kier molecular flexibility index (Phi) is 3.73. The Hall–Kier alpha value is -0.940. The third kappa shape index (κ3) is 2.42. The lowest BCUT2D eigenvalue weighted by molar-refractivity contribution is -0.131. The maximum absolute atomic E-state index is 12.4. The van der Waals surface area contributed by atoms with Crippen LogP contribution in [0.5, 0.6) is 0 Å². The maximum atomic E-state index is 12.4. The molecule has 3 N–H and O–H groups in total. The Morgan fingerprint density at radius 1 is 1.72 bits per heavy atom. The topological polar surface area (TPSA) is 68.0 Å². The Morgan fingerprint density at radius 3 is 2.94 bits per heavy atom. The summed E-state index contributed by atoms with van der Waals surface area (Å²) < 4.78 is 0. The molecule has 0 aliphatic heterocycles. The van der Waals surface area contributed by atoms with Gasteiger partial charge in [0.2, 0.25) is 5.91 Å². The molecule has 1 aromatic rings. The summed E-state index contributed by atoms with van der Waals surface area (Å²) in [5, 5.41) is 6.01. The van der Waals surface area contributed by atoms with E-state index in [1.807, 2.05) is 26.2 Å². The molecule has 1 heterocycles. The van der Waals surface area contributed by atoms with Crippen molar-refractivity contribution in [3.8, 4) is 0 Å². The molecule has 1 aliphatic rings. The number of carbonyl (C=O) groups excluding carboxylic acids is 1. The highest BCUT2D eigenvalue weighted by Gasteiger charge is 2.43. The molecule has 1 amide bonds. The van der Waals surface area contributed by atoms with E-state index >= 15 is 0 Å². The summed E-state index contributed by atoms with van der Waals surface area (Å²) in [7, 11) is 0. The van der Waals surface area contributed by atoms with E-state index in [0.717, 1.165) is 30.0 Å². The van der Waals surface area contributed by atoms with E-state index in [4.69, 9.17) is 5.73 Å². The summed E-state index contributed by atoms with van der Waals surface area (Å²) in [4.78, 5) is 16.8. The van der Waals surface area contributed by atoms with Gasteiger partial charge < -0.3 is 11.1 Å². The molecule has 4 nitrogen and oxygen atoms in total. The molecule has 1 fully saturated rings. The minimum atomic E-state index is -0.416. The fourth-order valence-corrected chi connectivity index (χ4v) is 3.27. The smallest absolute Gasteiger partial charge is 0.228 e. The number of nitrogens with one attached hydrogen (secondary N) is 1. The first kappa shape index (κ1) is 13.5. The fraction of sp³-hybridized carbons (Fsp3) is 0.692. The van der Waals surface area contributed by atoms with Crippen LogP contribution in [0.3, 0.4) is 0 Å². The van der Waals surface area contributed by atoms with E-state index in [0.29, 0.717) is 0 Å². The molecule has 0 spiro atoms. The lowest BCUT2D eigenvalue weighted by Gasteiger charge is -2.28. The number of nitrogens with zero attached hydrogens (tertiary/aromatic N) is 1. The van der Waals surface area contributed by atoms with Crippen molar-refractivity contribution in [1.29, 1.82) is 0 Å². The number of nitrogens with two attached hydrogens (primary N) is 1. The van der Waals surface area contributed by atoms with Crippen molar-refractivity contribution in [1.82, 2.24) is 10.3 Å². The number of aryl methyl sites for hydroxylation is 1. The van der Waals surface area contributed by atoms with Gasteiger partial charge in [0, 0.05) is 17.1 Å². The molecule has 0 saturated heterocycles. The molecule has 2 rings (SSSR count). The monoisotopic (exact) mass is 267 g/mol. The normalized spacial score (nSPS) is 29.2. The standard InChI is InChI=1S/C13H21N3OS/c1-8-7-18-11(15-8)9(2)16-12(17)13(3)6-4-5-10(13)14/h7,9-10H,4-6,14H2,1-3H3,(H,16,17). The van der Waals surface area contributed by atoms with E-state index in [1.54, 1.807) is 11.3 Å². The van der Waals surface area contributed by atoms with Crippen molar-refractivity contribution in [3.63, 3.8) is 0 Å². The van der Waals surface area contributed by atoms with Crippen molar-refractivity contribution in [2.75, 3.05) is 0 Å². The van der Waals surface area contributed by atoms with Crippen molar-refractivity contribution in [2.24, 2.45) is 11.1 Å². The highest BCUT2D eigenvalue weighted by atomic mass is 32.1. The second-order valence-electron chi connectivity index (χ2n) is 5.44. The van der Waals surface area contributed by atoms with Gasteiger partial charge in [0.05, 0.1) is 11.5 Å². The molecule has 5 heteroatoms. The molecule has 1 aliphatic carbocycles. The van der Waals surface area contributed by atoms with Crippen LogP contribution in [0.25, 0.3) is 0 Å². The SMILES string of the molecule is Cc1csc(C(C)NC(=O)C2(C)CCCC2N)n1. The first-order valence-electron chi connectivity index (χ1n) is 6.42. The van der Waals surface area contributed by atoms with Crippen molar-refractivity contribution < 1.29 is 4.79 Å². The molecule has 3 atom stereocenters. The van der Waals surface area contributed by atoms with Crippen LogP contribution in [0.2, 0.25) is 0 Å². The van der Waals surface area contributed by atoms with Gasteiger partial charge in [-0.05, 0) is 33.6 Å². The molecule has 0 radical (unpaired) electrons. The molecule has 0 aromatic carbocycles. The van der Waals surface area contributed by atoms with E-state index in [1.165, 1.54) is 0 Å². The number of hydrogen-bond acceptors (Lipinski definition) is 4. The molecule has 100 valence electrons. The van der Waals surface area contributed by atoms with Crippen molar-refractivity contribution in [2.45, 2.75) is 52.1 Å². The van der Waals surface area contributed by atoms with Crippen LogP contribution < -0.4 is 11.1 Å². The molecular formula is C13H21N3OS. The van der Waals surface area contributed by atoms with Gasteiger partial charge in [0.1, 0.15) is 5.01 Å². The van der Waals surface area contributed by atoms with Gasteiger partial charge in [0.25, 0.3) is 0 Å². The second kappa shape index (κ2) is 4.97. The predicted molar refractivity (Wildman–Crippen MR) is 73.3 cm³/mol. The molecular weight excluding hydrogens is 246 g/mol. The minimum Gasteiger partial charge on any atom is -0.347 e. The summed E-state index contributed by atoms with van der Waals surface area (Å²) in [6.07, 6.45) is 2.86. The zero-order valence-corrected chi connectivity index (χ0v) is 12.0. The number of hydrogen-bond donors (Lipinski definition) is 2. The molecule has 3 unspecified atom stereocenters. The number of carbonyl (C=O) groups is 1. The van der Waals surface area contributed by atoms with Gasteiger partial charge in [-0.3, -0.25) is 4.79 Å². The minimum absolute atomic E-state index is 0.0252. The zero-order chi connectivity index (χ0) is 13.3. The summed E-state index contributed by atoms with van der Waals surface area (Å²) in [6, 6.07) is -0.0662. The maximum Gasteiger partial charge on any atom is 0.228 e. The number of thiazole rings is 1. The van der Waals surface area contributed by atoms with Crippen molar-refractivity contribution in [3.05, 3.63) is 16.1 Å². The summed E-state index contributed by atoms with van der Waals surface area (Å²) in [6.45, 7) is 5.91. The molecule has 1 saturated carbocycles. The third-order valence-electron chi connectivity index (χ3n) is 3.90. The second-order valence-corrected chi connectivity index (χ2v) is 6.33. The fourth-order valence-electron chi connectivity index (χ4n) is 2.47. The van der Waals surface area contributed by atoms with E-state index in [9.17, 15) is 4.79 Å². The lowest BCUT2D eigenvalue weighted by Crippen LogP contribution is -2.47. The number of amides is 1. The van der Waals surface area contributed by atoms with Crippen LogP contribution >= 0.6 is 11.3 Å². The Morgan fingerprint density at radius 2 is 2.44 bits per heavy atom. The predicted octanol–water partition coefficient (Wildman–Crippen LogP) is 2.15. The highest BCUT2D eigenvalue weighted by Crippen LogP contribution is 2.37. The zero-order valence-electron chi connectivity index (χ0n) is 11.2.